The Labute approximate surface area is 135 Å². The van der Waals surface area contributed by atoms with Crippen molar-refractivity contribution in [2.75, 3.05) is 30.3 Å². The molecule has 1 fully saturated rings. The third kappa shape index (κ3) is 4.08. The minimum absolute atomic E-state index is 0.00251. The molecule has 1 aromatic carbocycles. The normalized spacial score (nSPS) is 17.6. The standard InChI is InChI=1S/C13H18N2O6S2/c1-21-9-2-8-14-23(19,20)12-5-3-11(4-6-12)15-13(16)7-10-22(15,17)18/h3-6,14H,2,7-10H2,1H3. The second kappa shape index (κ2) is 6.95. The van der Waals surface area contributed by atoms with Crippen LogP contribution in [-0.2, 0) is 29.6 Å². The van der Waals surface area contributed by atoms with Gasteiger partial charge in [-0.05, 0) is 30.7 Å². The maximum atomic E-state index is 12.1. The second-order valence-electron chi connectivity index (χ2n) is 4.96. The van der Waals surface area contributed by atoms with Crippen molar-refractivity contribution in [2.24, 2.45) is 0 Å². The molecule has 0 saturated carbocycles. The van der Waals surface area contributed by atoms with Gasteiger partial charge in [0.25, 0.3) is 0 Å². The number of carbonyl (C=O) groups excluding carboxylic acids is 1. The molecule has 0 atom stereocenters. The van der Waals surface area contributed by atoms with E-state index in [4.69, 9.17) is 4.74 Å². The molecule has 0 spiro atoms. The van der Waals surface area contributed by atoms with E-state index in [0.717, 1.165) is 4.31 Å². The smallest absolute Gasteiger partial charge is 0.242 e. The highest BCUT2D eigenvalue weighted by atomic mass is 32.2. The molecule has 1 saturated heterocycles. The number of anilines is 1. The highest BCUT2D eigenvalue weighted by Gasteiger charge is 2.36. The van der Waals surface area contributed by atoms with Crippen molar-refractivity contribution in [3.63, 3.8) is 0 Å². The van der Waals surface area contributed by atoms with E-state index in [1.165, 1.54) is 31.4 Å². The molecule has 0 aliphatic carbocycles. The van der Waals surface area contributed by atoms with E-state index in [1.54, 1.807) is 0 Å². The van der Waals surface area contributed by atoms with Crippen molar-refractivity contribution in [2.45, 2.75) is 17.7 Å². The van der Waals surface area contributed by atoms with Crippen molar-refractivity contribution in [3.8, 4) is 0 Å². The maximum Gasteiger partial charge on any atom is 0.242 e. The van der Waals surface area contributed by atoms with Crippen LogP contribution >= 0.6 is 0 Å². The molecule has 23 heavy (non-hydrogen) atoms. The van der Waals surface area contributed by atoms with E-state index in [2.05, 4.69) is 4.72 Å². The fourth-order valence-corrected chi connectivity index (χ4v) is 4.67. The van der Waals surface area contributed by atoms with Crippen LogP contribution in [-0.4, -0.2) is 48.8 Å². The van der Waals surface area contributed by atoms with Crippen LogP contribution < -0.4 is 9.03 Å². The van der Waals surface area contributed by atoms with Gasteiger partial charge in [0, 0.05) is 26.7 Å². The molecule has 0 bridgehead atoms. The van der Waals surface area contributed by atoms with Gasteiger partial charge in [-0.3, -0.25) is 4.79 Å². The monoisotopic (exact) mass is 362 g/mol. The Bertz CT molecular complexity index is 771. The summed E-state index contributed by atoms with van der Waals surface area (Å²) in [5.41, 5.74) is 0.144. The molecule has 1 aliphatic rings. The number of rotatable bonds is 7. The lowest BCUT2D eigenvalue weighted by atomic mass is 10.3. The van der Waals surface area contributed by atoms with E-state index < -0.39 is 26.0 Å². The summed E-state index contributed by atoms with van der Waals surface area (Å²) in [4.78, 5) is 11.7. The lowest BCUT2D eigenvalue weighted by Gasteiger charge is -2.15. The van der Waals surface area contributed by atoms with E-state index in [0.29, 0.717) is 13.0 Å². The summed E-state index contributed by atoms with van der Waals surface area (Å²) >= 11 is 0. The first-order valence-electron chi connectivity index (χ1n) is 6.92. The summed E-state index contributed by atoms with van der Waals surface area (Å²) in [5.74, 6) is -0.745. The van der Waals surface area contributed by atoms with Crippen molar-refractivity contribution >= 4 is 31.6 Å². The third-order valence-corrected chi connectivity index (χ3v) is 6.45. The van der Waals surface area contributed by atoms with Crippen molar-refractivity contribution < 1.29 is 26.4 Å². The summed E-state index contributed by atoms with van der Waals surface area (Å²) in [5, 5.41) is 0. The van der Waals surface area contributed by atoms with Gasteiger partial charge in [0.05, 0.1) is 16.3 Å². The van der Waals surface area contributed by atoms with Crippen LogP contribution in [0.4, 0.5) is 5.69 Å². The molecule has 1 aliphatic heterocycles. The van der Waals surface area contributed by atoms with E-state index in [1.807, 2.05) is 0 Å². The van der Waals surface area contributed by atoms with Crippen LogP contribution in [0.25, 0.3) is 0 Å². The first kappa shape index (κ1) is 17.9. The predicted molar refractivity (Wildman–Crippen MR) is 84.0 cm³/mol. The average Bonchev–Trinajstić information content (AvgIpc) is 2.77. The number of ether oxygens (including phenoxy) is 1. The SMILES string of the molecule is COCCCNS(=O)(=O)c1ccc(N2C(=O)CCS2(=O)=O)cc1. The van der Waals surface area contributed by atoms with E-state index in [-0.39, 0.29) is 29.3 Å². The zero-order valence-corrected chi connectivity index (χ0v) is 14.2. The predicted octanol–water partition coefficient (Wildman–Crippen LogP) is 0.0679. The van der Waals surface area contributed by atoms with Gasteiger partial charge in [-0.25, -0.2) is 25.9 Å². The number of amides is 1. The van der Waals surface area contributed by atoms with Crippen LogP contribution in [0, 0.1) is 0 Å². The summed E-state index contributed by atoms with van der Waals surface area (Å²) < 4.78 is 55.7. The Kier molecular flexibility index (Phi) is 5.40. The molecule has 128 valence electrons. The number of hydrogen-bond donors (Lipinski definition) is 1. The average molecular weight is 362 g/mol. The highest BCUT2D eigenvalue weighted by molar-refractivity contribution is 7.94. The molecule has 1 aromatic rings. The fourth-order valence-electron chi connectivity index (χ4n) is 2.14. The molecule has 0 aromatic heterocycles. The highest BCUT2D eigenvalue weighted by Crippen LogP contribution is 2.26. The zero-order valence-electron chi connectivity index (χ0n) is 12.6. The summed E-state index contributed by atoms with van der Waals surface area (Å²) in [6.07, 6.45) is 0.470. The Morgan fingerprint density at radius 3 is 2.43 bits per heavy atom. The molecule has 1 heterocycles. The Morgan fingerprint density at radius 1 is 1.26 bits per heavy atom. The zero-order chi connectivity index (χ0) is 17.1. The van der Waals surface area contributed by atoms with Gasteiger partial charge in [0.1, 0.15) is 0 Å². The molecule has 10 heteroatoms. The molecule has 2 rings (SSSR count). The first-order chi connectivity index (χ1) is 10.8. The van der Waals surface area contributed by atoms with E-state index in [9.17, 15) is 21.6 Å². The molecule has 1 N–H and O–H groups in total. The van der Waals surface area contributed by atoms with Gasteiger partial charge >= 0.3 is 0 Å². The number of nitrogens with zero attached hydrogens (tertiary/aromatic N) is 1. The van der Waals surface area contributed by atoms with E-state index >= 15 is 0 Å². The number of methoxy groups -OCH3 is 1. The van der Waals surface area contributed by atoms with Gasteiger partial charge in [-0.2, -0.15) is 0 Å². The van der Waals surface area contributed by atoms with Gasteiger partial charge in [0.15, 0.2) is 0 Å². The summed E-state index contributed by atoms with van der Waals surface area (Å²) in [7, 11) is -5.81. The van der Waals surface area contributed by atoms with Gasteiger partial charge in [-0.1, -0.05) is 0 Å². The summed E-state index contributed by atoms with van der Waals surface area (Å²) in [6, 6.07) is 5.17. The molecule has 8 nitrogen and oxygen atoms in total. The van der Waals surface area contributed by atoms with Crippen LogP contribution in [0.3, 0.4) is 0 Å². The van der Waals surface area contributed by atoms with Crippen molar-refractivity contribution in [3.05, 3.63) is 24.3 Å². The van der Waals surface area contributed by atoms with Gasteiger partial charge in [-0.15, -0.1) is 0 Å². The molecular formula is C13H18N2O6S2. The molecule has 0 radical (unpaired) electrons. The maximum absolute atomic E-state index is 12.1. The minimum Gasteiger partial charge on any atom is -0.385 e. The number of carbonyl (C=O) groups is 1. The van der Waals surface area contributed by atoms with Gasteiger partial charge in [0.2, 0.25) is 26.0 Å². The molecule has 1 amide bonds. The Hall–Kier alpha value is -1.49. The van der Waals surface area contributed by atoms with Crippen LogP contribution in [0.1, 0.15) is 12.8 Å². The fraction of sp³-hybridized carbons (Fsp3) is 0.462. The van der Waals surface area contributed by atoms with Crippen LogP contribution in [0.5, 0.6) is 0 Å². The quantitative estimate of drug-likeness (QED) is 0.687. The molecule has 0 unspecified atom stereocenters. The number of benzene rings is 1. The first-order valence-corrected chi connectivity index (χ1v) is 10.0. The van der Waals surface area contributed by atoms with Crippen molar-refractivity contribution in [1.29, 1.82) is 0 Å². The van der Waals surface area contributed by atoms with Crippen molar-refractivity contribution in [1.82, 2.24) is 4.72 Å². The Morgan fingerprint density at radius 2 is 1.91 bits per heavy atom. The third-order valence-electron chi connectivity index (χ3n) is 3.28. The summed E-state index contributed by atoms with van der Waals surface area (Å²) in [6.45, 7) is 0.674. The number of hydrogen-bond acceptors (Lipinski definition) is 6. The van der Waals surface area contributed by atoms with Crippen LogP contribution in [0.15, 0.2) is 29.2 Å². The minimum atomic E-state index is -3.68. The van der Waals surface area contributed by atoms with Crippen LogP contribution in [0.2, 0.25) is 0 Å². The largest absolute Gasteiger partial charge is 0.385 e. The second-order valence-corrected chi connectivity index (χ2v) is 8.67. The topological polar surface area (TPSA) is 110 Å². The lowest BCUT2D eigenvalue weighted by Crippen LogP contribution is -2.29. The molecular weight excluding hydrogens is 344 g/mol. The number of nitrogens with one attached hydrogen (secondary N) is 1. The Balaban J connectivity index is 2.15. The van der Waals surface area contributed by atoms with Gasteiger partial charge < -0.3 is 4.74 Å². The number of sulfonamides is 2. The lowest BCUT2D eigenvalue weighted by molar-refractivity contribution is -0.116.